The Morgan fingerprint density at radius 2 is 2.19 bits per heavy atom. The number of carbonyl (C=O) groups excluding carboxylic acids is 1. The van der Waals surface area contributed by atoms with Crippen molar-refractivity contribution in [3.05, 3.63) is 29.8 Å². The molecule has 1 aliphatic rings. The molecular formula is C14H20N2O4S. The molecule has 1 saturated heterocycles. The molecule has 1 aromatic carbocycles. The number of nitrogens with two attached hydrogens (primary N) is 1. The van der Waals surface area contributed by atoms with Crippen molar-refractivity contribution in [1.82, 2.24) is 4.31 Å². The summed E-state index contributed by atoms with van der Waals surface area (Å²) in [6.45, 7) is 2.29. The molecule has 0 aliphatic carbocycles. The van der Waals surface area contributed by atoms with Crippen LogP contribution in [-0.4, -0.2) is 38.9 Å². The highest BCUT2D eigenvalue weighted by molar-refractivity contribution is 7.89. The number of hydrogen-bond acceptors (Lipinski definition) is 5. The first-order chi connectivity index (χ1) is 9.86. The fourth-order valence-electron chi connectivity index (χ4n) is 2.41. The number of sulfonamides is 1. The lowest BCUT2D eigenvalue weighted by Gasteiger charge is -2.17. The van der Waals surface area contributed by atoms with Crippen molar-refractivity contribution in [2.75, 3.05) is 20.2 Å². The van der Waals surface area contributed by atoms with Gasteiger partial charge in [-0.25, -0.2) is 8.42 Å². The third-order valence-electron chi connectivity index (χ3n) is 3.71. The minimum atomic E-state index is -3.60. The number of benzene rings is 1. The van der Waals surface area contributed by atoms with Gasteiger partial charge in [-0.05, 0) is 31.0 Å². The van der Waals surface area contributed by atoms with E-state index in [0.29, 0.717) is 13.0 Å². The highest BCUT2D eigenvalue weighted by Gasteiger charge is 2.36. The Bertz CT molecular complexity index is 628. The van der Waals surface area contributed by atoms with Crippen LogP contribution in [-0.2, 0) is 19.6 Å². The Hall–Kier alpha value is -1.44. The van der Waals surface area contributed by atoms with Gasteiger partial charge in [0.05, 0.1) is 17.9 Å². The first kappa shape index (κ1) is 15.9. The van der Waals surface area contributed by atoms with Crippen molar-refractivity contribution >= 4 is 16.0 Å². The lowest BCUT2D eigenvalue weighted by molar-refractivity contribution is -0.144. The average molecular weight is 312 g/mol. The lowest BCUT2D eigenvalue weighted by Crippen LogP contribution is -2.30. The van der Waals surface area contributed by atoms with Crippen LogP contribution in [0.15, 0.2) is 29.2 Å². The highest BCUT2D eigenvalue weighted by Crippen LogP contribution is 2.26. The molecule has 0 spiro atoms. The minimum absolute atomic E-state index is 0.164. The first-order valence-electron chi connectivity index (χ1n) is 6.79. The Balaban J connectivity index is 2.23. The summed E-state index contributed by atoms with van der Waals surface area (Å²) in [4.78, 5) is 11.7. The fourth-order valence-corrected chi connectivity index (χ4v) is 3.97. The topological polar surface area (TPSA) is 89.7 Å². The SMILES string of the molecule is COC(=O)C1CCN(S(=O)(=O)c2cccc(C(C)N)c2)C1. The van der Waals surface area contributed by atoms with Crippen molar-refractivity contribution in [3.63, 3.8) is 0 Å². The van der Waals surface area contributed by atoms with Gasteiger partial charge in [0, 0.05) is 19.1 Å². The molecule has 1 fully saturated rings. The van der Waals surface area contributed by atoms with Crippen LogP contribution < -0.4 is 5.73 Å². The van der Waals surface area contributed by atoms with E-state index in [0.717, 1.165) is 5.56 Å². The maximum atomic E-state index is 12.6. The number of carbonyl (C=O) groups is 1. The average Bonchev–Trinajstić information content (AvgIpc) is 2.97. The Labute approximate surface area is 124 Å². The van der Waals surface area contributed by atoms with Gasteiger partial charge in [-0.15, -0.1) is 0 Å². The zero-order chi connectivity index (χ0) is 15.6. The van der Waals surface area contributed by atoms with Gasteiger partial charge >= 0.3 is 5.97 Å². The molecule has 2 unspecified atom stereocenters. The van der Waals surface area contributed by atoms with E-state index in [1.54, 1.807) is 31.2 Å². The quantitative estimate of drug-likeness (QED) is 0.834. The second-order valence-electron chi connectivity index (χ2n) is 5.23. The summed E-state index contributed by atoms with van der Waals surface area (Å²) in [5.41, 5.74) is 6.55. The third kappa shape index (κ3) is 3.25. The maximum absolute atomic E-state index is 12.6. The van der Waals surface area contributed by atoms with Gasteiger partial charge in [-0.1, -0.05) is 12.1 Å². The van der Waals surface area contributed by atoms with Crippen LogP contribution in [0.1, 0.15) is 24.9 Å². The monoisotopic (exact) mass is 312 g/mol. The van der Waals surface area contributed by atoms with E-state index < -0.39 is 10.0 Å². The number of methoxy groups -OCH3 is 1. The molecule has 1 heterocycles. The van der Waals surface area contributed by atoms with Gasteiger partial charge in [-0.3, -0.25) is 4.79 Å². The smallest absolute Gasteiger partial charge is 0.310 e. The van der Waals surface area contributed by atoms with E-state index in [1.165, 1.54) is 11.4 Å². The van der Waals surface area contributed by atoms with Gasteiger partial charge in [-0.2, -0.15) is 4.31 Å². The molecule has 1 aliphatic heterocycles. The molecule has 6 nitrogen and oxygen atoms in total. The molecule has 0 bridgehead atoms. The standard InChI is InChI=1S/C14H20N2O4S/c1-10(15)11-4-3-5-13(8-11)21(18,19)16-7-6-12(9-16)14(17)20-2/h3-5,8,10,12H,6-7,9,15H2,1-2H3. The van der Waals surface area contributed by atoms with Gasteiger partial charge in [0.2, 0.25) is 10.0 Å². The predicted octanol–water partition coefficient (Wildman–Crippen LogP) is 0.890. The molecule has 2 N–H and O–H groups in total. The zero-order valence-electron chi connectivity index (χ0n) is 12.2. The minimum Gasteiger partial charge on any atom is -0.469 e. The molecule has 2 rings (SSSR count). The zero-order valence-corrected chi connectivity index (χ0v) is 13.0. The molecule has 1 aromatic rings. The van der Waals surface area contributed by atoms with Crippen LogP contribution in [0.3, 0.4) is 0 Å². The largest absolute Gasteiger partial charge is 0.469 e. The number of rotatable bonds is 4. The molecular weight excluding hydrogens is 292 g/mol. The van der Waals surface area contributed by atoms with Crippen LogP contribution in [0, 0.1) is 5.92 Å². The second-order valence-corrected chi connectivity index (χ2v) is 7.17. The van der Waals surface area contributed by atoms with E-state index in [4.69, 9.17) is 5.73 Å². The number of ether oxygens (including phenoxy) is 1. The molecule has 116 valence electrons. The molecule has 0 aromatic heterocycles. The summed E-state index contributed by atoms with van der Waals surface area (Å²) >= 11 is 0. The summed E-state index contributed by atoms with van der Waals surface area (Å²) in [6.07, 6.45) is 0.485. The van der Waals surface area contributed by atoms with E-state index in [2.05, 4.69) is 4.74 Å². The fraction of sp³-hybridized carbons (Fsp3) is 0.500. The van der Waals surface area contributed by atoms with E-state index in [1.807, 2.05) is 0 Å². The second kappa shape index (κ2) is 6.13. The van der Waals surface area contributed by atoms with E-state index in [-0.39, 0.29) is 29.4 Å². The van der Waals surface area contributed by atoms with Crippen LogP contribution in [0.25, 0.3) is 0 Å². The third-order valence-corrected chi connectivity index (χ3v) is 5.57. The van der Waals surface area contributed by atoms with Crippen LogP contribution in [0.2, 0.25) is 0 Å². The van der Waals surface area contributed by atoms with Crippen molar-refractivity contribution in [3.8, 4) is 0 Å². The van der Waals surface area contributed by atoms with E-state index in [9.17, 15) is 13.2 Å². The summed E-state index contributed by atoms with van der Waals surface area (Å²) in [5, 5.41) is 0. The van der Waals surface area contributed by atoms with Gasteiger partial charge in [0.1, 0.15) is 0 Å². The van der Waals surface area contributed by atoms with Crippen LogP contribution >= 0.6 is 0 Å². The Kier molecular flexibility index (Phi) is 4.65. The Morgan fingerprint density at radius 1 is 1.48 bits per heavy atom. The summed E-state index contributed by atoms with van der Waals surface area (Å²) in [5.74, 6) is -0.751. The molecule has 21 heavy (non-hydrogen) atoms. The number of esters is 1. The number of nitrogens with zero attached hydrogens (tertiary/aromatic N) is 1. The molecule has 0 saturated carbocycles. The first-order valence-corrected chi connectivity index (χ1v) is 8.23. The summed E-state index contributed by atoms with van der Waals surface area (Å²) in [7, 11) is -2.29. The Morgan fingerprint density at radius 3 is 2.81 bits per heavy atom. The van der Waals surface area contributed by atoms with Crippen molar-refractivity contribution in [1.29, 1.82) is 0 Å². The maximum Gasteiger partial charge on any atom is 0.310 e. The van der Waals surface area contributed by atoms with E-state index >= 15 is 0 Å². The molecule has 0 amide bonds. The van der Waals surface area contributed by atoms with Crippen molar-refractivity contribution in [2.45, 2.75) is 24.3 Å². The number of hydrogen-bond donors (Lipinski definition) is 1. The van der Waals surface area contributed by atoms with Gasteiger partial charge < -0.3 is 10.5 Å². The summed E-state index contributed by atoms with van der Waals surface area (Å²) < 4.78 is 31.2. The van der Waals surface area contributed by atoms with Crippen molar-refractivity contribution in [2.24, 2.45) is 11.7 Å². The van der Waals surface area contributed by atoms with Crippen LogP contribution in [0.4, 0.5) is 0 Å². The van der Waals surface area contributed by atoms with Gasteiger partial charge in [0.15, 0.2) is 0 Å². The highest BCUT2D eigenvalue weighted by atomic mass is 32.2. The molecule has 0 radical (unpaired) electrons. The van der Waals surface area contributed by atoms with Crippen molar-refractivity contribution < 1.29 is 17.9 Å². The summed E-state index contributed by atoms with van der Waals surface area (Å²) in [6, 6.07) is 6.38. The molecule has 7 heteroatoms. The van der Waals surface area contributed by atoms with Gasteiger partial charge in [0.25, 0.3) is 0 Å². The predicted molar refractivity (Wildman–Crippen MR) is 77.9 cm³/mol. The van der Waals surface area contributed by atoms with Crippen LogP contribution in [0.5, 0.6) is 0 Å². The lowest BCUT2D eigenvalue weighted by atomic mass is 10.1. The normalized spacial score (nSPS) is 21.2. The molecule has 2 atom stereocenters.